The average molecular weight is 239 g/mol. The van der Waals surface area contributed by atoms with Crippen molar-refractivity contribution < 1.29 is 9.21 Å². The zero-order chi connectivity index (χ0) is 11.5. The van der Waals surface area contributed by atoms with Crippen molar-refractivity contribution in [3.63, 3.8) is 0 Å². The molecule has 0 unspecified atom stereocenters. The topological polar surface area (TPSA) is 80.9 Å². The minimum atomic E-state index is -0.461. The molecule has 0 saturated carbocycles. The van der Waals surface area contributed by atoms with Gasteiger partial charge >= 0.3 is 0 Å². The van der Waals surface area contributed by atoms with E-state index in [0.717, 1.165) is 0 Å². The molecule has 82 valence electrons. The molecular formula is C9H7ClN4O2. The van der Waals surface area contributed by atoms with E-state index in [1.165, 1.54) is 18.8 Å². The van der Waals surface area contributed by atoms with Gasteiger partial charge in [0.2, 0.25) is 5.76 Å². The van der Waals surface area contributed by atoms with Crippen LogP contribution in [0.2, 0.25) is 5.15 Å². The highest BCUT2D eigenvalue weighted by atomic mass is 35.5. The van der Waals surface area contributed by atoms with Crippen LogP contribution in [0.4, 0.5) is 5.82 Å². The Kier molecular flexibility index (Phi) is 2.82. The van der Waals surface area contributed by atoms with Crippen molar-refractivity contribution in [1.29, 1.82) is 0 Å². The van der Waals surface area contributed by atoms with E-state index in [4.69, 9.17) is 16.0 Å². The summed E-state index contributed by atoms with van der Waals surface area (Å²) in [6.07, 6.45) is 4.05. The summed E-state index contributed by atoms with van der Waals surface area (Å²) in [5.41, 5.74) is 0.498. The summed E-state index contributed by atoms with van der Waals surface area (Å²) in [6, 6.07) is 0. The van der Waals surface area contributed by atoms with Crippen LogP contribution >= 0.6 is 11.6 Å². The normalized spacial score (nSPS) is 10.1. The third-order valence-electron chi connectivity index (χ3n) is 1.84. The van der Waals surface area contributed by atoms with Crippen LogP contribution in [0.1, 0.15) is 16.2 Å². The third-order valence-corrected chi connectivity index (χ3v) is 2.11. The van der Waals surface area contributed by atoms with Crippen molar-refractivity contribution in [3.8, 4) is 0 Å². The molecule has 6 nitrogen and oxygen atoms in total. The number of hydrogen-bond donors (Lipinski definition) is 1. The Bertz CT molecular complexity index is 526. The van der Waals surface area contributed by atoms with Crippen molar-refractivity contribution in [3.05, 3.63) is 35.4 Å². The highest BCUT2D eigenvalue weighted by molar-refractivity contribution is 6.32. The Hall–Kier alpha value is -1.95. The Labute approximate surface area is 95.7 Å². The molecule has 1 N–H and O–H groups in total. The van der Waals surface area contributed by atoms with Crippen LogP contribution < -0.4 is 5.32 Å². The molecule has 0 aliphatic rings. The monoisotopic (exact) mass is 238 g/mol. The Morgan fingerprint density at radius 2 is 2.12 bits per heavy atom. The number of carbonyl (C=O) groups is 1. The van der Waals surface area contributed by atoms with E-state index < -0.39 is 5.91 Å². The van der Waals surface area contributed by atoms with E-state index in [-0.39, 0.29) is 16.7 Å². The van der Waals surface area contributed by atoms with Gasteiger partial charge in [-0.15, -0.1) is 0 Å². The molecule has 0 atom stereocenters. The molecule has 2 rings (SSSR count). The zero-order valence-corrected chi connectivity index (χ0v) is 9.02. The lowest BCUT2D eigenvalue weighted by Crippen LogP contribution is -2.14. The number of amides is 1. The van der Waals surface area contributed by atoms with Crippen molar-refractivity contribution in [2.45, 2.75) is 6.92 Å². The summed E-state index contributed by atoms with van der Waals surface area (Å²) in [5, 5.41) is 2.59. The van der Waals surface area contributed by atoms with E-state index in [1.54, 1.807) is 6.92 Å². The van der Waals surface area contributed by atoms with Crippen LogP contribution in [0.3, 0.4) is 0 Å². The predicted octanol–water partition coefficient (Wildman–Crippen LogP) is 1.68. The van der Waals surface area contributed by atoms with Gasteiger partial charge in [0.05, 0.1) is 5.69 Å². The molecule has 0 saturated heterocycles. The molecule has 0 aliphatic heterocycles. The maximum atomic E-state index is 11.7. The summed E-state index contributed by atoms with van der Waals surface area (Å²) < 4.78 is 4.92. The number of halogens is 1. The maximum Gasteiger partial charge on any atom is 0.294 e. The van der Waals surface area contributed by atoms with E-state index in [2.05, 4.69) is 20.3 Å². The summed E-state index contributed by atoms with van der Waals surface area (Å²) in [5.74, 6) is -0.149. The van der Waals surface area contributed by atoms with Gasteiger partial charge in [-0.1, -0.05) is 11.6 Å². The number of nitrogens with one attached hydrogen (secondary N) is 1. The first-order valence-corrected chi connectivity index (χ1v) is 4.74. The highest BCUT2D eigenvalue weighted by Gasteiger charge is 2.15. The lowest BCUT2D eigenvalue weighted by atomic mass is 10.3. The van der Waals surface area contributed by atoms with Crippen LogP contribution in [-0.2, 0) is 0 Å². The number of hydrogen-bond acceptors (Lipinski definition) is 5. The van der Waals surface area contributed by atoms with Gasteiger partial charge in [-0.2, -0.15) is 0 Å². The van der Waals surface area contributed by atoms with Crippen LogP contribution in [0.25, 0.3) is 0 Å². The van der Waals surface area contributed by atoms with Gasteiger partial charge in [0, 0.05) is 12.4 Å². The predicted molar refractivity (Wildman–Crippen MR) is 56.2 cm³/mol. The van der Waals surface area contributed by atoms with Crippen molar-refractivity contribution in [2.75, 3.05) is 5.32 Å². The van der Waals surface area contributed by atoms with Gasteiger partial charge in [-0.3, -0.25) is 4.79 Å². The molecule has 2 aromatic heterocycles. The number of rotatable bonds is 2. The molecule has 16 heavy (non-hydrogen) atoms. The largest absolute Gasteiger partial charge is 0.438 e. The van der Waals surface area contributed by atoms with Gasteiger partial charge in [0.1, 0.15) is 0 Å². The molecule has 0 bridgehead atoms. The molecule has 0 aromatic carbocycles. The van der Waals surface area contributed by atoms with E-state index in [0.29, 0.717) is 5.69 Å². The first-order chi connectivity index (χ1) is 7.68. The first-order valence-electron chi connectivity index (χ1n) is 4.36. The second-order valence-corrected chi connectivity index (χ2v) is 3.27. The minimum absolute atomic E-state index is 0.119. The van der Waals surface area contributed by atoms with Crippen molar-refractivity contribution >= 4 is 23.3 Å². The molecule has 2 heterocycles. The number of oxazole rings is 1. The Morgan fingerprint density at radius 3 is 2.75 bits per heavy atom. The van der Waals surface area contributed by atoms with Crippen molar-refractivity contribution in [2.24, 2.45) is 0 Å². The van der Waals surface area contributed by atoms with E-state index >= 15 is 0 Å². The molecule has 1 amide bonds. The fourth-order valence-electron chi connectivity index (χ4n) is 1.09. The number of anilines is 1. The number of aromatic nitrogens is 3. The summed E-state index contributed by atoms with van der Waals surface area (Å²) in [7, 11) is 0. The molecule has 0 radical (unpaired) electrons. The molecule has 0 spiro atoms. The quantitative estimate of drug-likeness (QED) is 0.861. The highest BCUT2D eigenvalue weighted by Crippen LogP contribution is 2.16. The fraction of sp³-hybridized carbons (Fsp3) is 0.111. The summed E-state index contributed by atoms with van der Waals surface area (Å²) in [6.45, 7) is 1.66. The van der Waals surface area contributed by atoms with Gasteiger partial charge in [0.15, 0.2) is 17.4 Å². The second-order valence-electron chi connectivity index (χ2n) is 2.92. The van der Waals surface area contributed by atoms with Gasteiger partial charge in [-0.25, -0.2) is 15.0 Å². The molecule has 2 aromatic rings. The lowest BCUT2D eigenvalue weighted by molar-refractivity contribution is 0.0995. The van der Waals surface area contributed by atoms with E-state index in [1.807, 2.05) is 0 Å². The maximum absolute atomic E-state index is 11.7. The number of carbonyl (C=O) groups excluding carboxylic acids is 1. The molecule has 7 heteroatoms. The van der Waals surface area contributed by atoms with Crippen molar-refractivity contribution in [1.82, 2.24) is 15.0 Å². The lowest BCUT2D eigenvalue weighted by Gasteiger charge is -2.02. The van der Waals surface area contributed by atoms with Gasteiger partial charge in [-0.05, 0) is 6.92 Å². The standard InChI is InChI=1S/C9H7ClN4O2/c1-5-6(16-4-13-5)9(15)14-8-7(10)11-2-3-12-8/h2-4H,1H3,(H,12,14,15). The van der Waals surface area contributed by atoms with Crippen LogP contribution in [0, 0.1) is 6.92 Å². The summed E-state index contributed by atoms with van der Waals surface area (Å²) in [4.78, 5) is 23.1. The Balaban J connectivity index is 2.21. The Morgan fingerprint density at radius 1 is 1.38 bits per heavy atom. The van der Waals surface area contributed by atoms with Crippen LogP contribution in [0.15, 0.2) is 23.2 Å². The van der Waals surface area contributed by atoms with Crippen LogP contribution in [0.5, 0.6) is 0 Å². The third kappa shape index (κ3) is 2.01. The van der Waals surface area contributed by atoms with Gasteiger partial charge < -0.3 is 9.73 Å². The van der Waals surface area contributed by atoms with E-state index in [9.17, 15) is 4.79 Å². The molecule has 0 fully saturated rings. The minimum Gasteiger partial charge on any atom is -0.438 e. The molecular weight excluding hydrogens is 232 g/mol. The number of aryl methyl sites for hydroxylation is 1. The SMILES string of the molecule is Cc1ncoc1C(=O)Nc1nccnc1Cl. The number of nitrogens with zero attached hydrogens (tertiary/aromatic N) is 3. The zero-order valence-electron chi connectivity index (χ0n) is 8.27. The van der Waals surface area contributed by atoms with Crippen LogP contribution in [-0.4, -0.2) is 20.9 Å². The average Bonchev–Trinajstić information content (AvgIpc) is 2.68. The smallest absolute Gasteiger partial charge is 0.294 e. The van der Waals surface area contributed by atoms with Gasteiger partial charge in [0.25, 0.3) is 5.91 Å². The summed E-state index contributed by atoms with van der Waals surface area (Å²) >= 11 is 5.73. The fourth-order valence-corrected chi connectivity index (χ4v) is 1.24. The second kappa shape index (κ2) is 4.28. The first kappa shape index (κ1) is 10.6. The molecule has 0 aliphatic carbocycles.